The Balaban J connectivity index is 1.28. The van der Waals surface area contributed by atoms with Gasteiger partial charge in [-0.3, -0.25) is 9.69 Å². The number of nitrogens with zero attached hydrogens (tertiary/aromatic N) is 5. The van der Waals surface area contributed by atoms with Crippen molar-refractivity contribution in [2.75, 3.05) is 26.2 Å². The topological polar surface area (TPSA) is 54.3 Å². The van der Waals surface area contributed by atoms with Crippen molar-refractivity contribution in [1.82, 2.24) is 24.6 Å². The van der Waals surface area contributed by atoms with Crippen LogP contribution in [0.5, 0.6) is 0 Å². The summed E-state index contributed by atoms with van der Waals surface area (Å²) in [6, 6.07) is 20.3. The average molecular weight is 408 g/mol. The van der Waals surface area contributed by atoms with E-state index in [4.69, 9.17) is 0 Å². The van der Waals surface area contributed by atoms with Gasteiger partial charge in [0.1, 0.15) is 6.33 Å². The molecule has 7 heteroatoms. The van der Waals surface area contributed by atoms with Crippen LogP contribution in [-0.2, 0) is 11.3 Å². The molecular weight excluding hydrogens is 382 g/mol. The zero-order chi connectivity index (χ0) is 20.1. The van der Waals surface area contributed by atoms with Gasteiger partial charge < -0.3 is 4.90 Å². The maximum absolute atomic E-state index is 12.9. The van der Waals surface area contributed by atoms with Gasteiger partial charge in [-0.05, 0) is 24.6 Å². The highest BCUT2D eigenvalue weighted by Crippen LogP contribution is 2.22. The van der Waals surface area contributed by atoms with Gasteiger partial charge >= 0.3 is 0 Å². The standard InChI is InChI=1S/C22H25N5OS/c1-18(29-22-23-17-27(24-22)20-10-6-3-7-11-20)21(28)26-14-12-25(13-15-26)16-19-8-4-2-5-9-19/h2-11,17-18H,12-16H2,1H3. The summed E-state index contributed by atoms with van der Waals surface area (Å²) in [5.74, 6) is 0.158. The molecular formula is C22H25N5OS. The van der Waals surface area contributed by atoms with Crippen LogP contribution in [0.1, 0.15) is 12.5 Å². The summed E-state index contributed by atoms with van der Waals surface area (Å²) in [7, 11) is 0. The average Bonchev–Trinajstić information content (AvgIpc) is 3.23. The van der Waals surface area contributed by atoms with Crippen molar-refractivity contribution in [2.24, 2.45) is 0 Å². The molecule has 1 amide bonds. The van der Waals surface area contributed by atoms with Gasteiger partial charge in [-0.25, -0.2) is 9.67 Å². The van der Waals surface area contributed by atoms with E-state index in [1.807, 2.05) is 48.2 Å². The molecule has 3 aromatic rings. The number of thioether (sulfide) groups is 1. The first-order chi connectivity index (χ1) is 14.2. The second-order valence-corrected chi connectivity index (χ2v) is 8.46. The molecule has 29 heavy (non-hydrogen) atoms. The van der Waals surface area contributed by atoms with Crippen molar-refractivity contribution in [1.29, 1.82) is 0 Å². The van der Waals surface area contributed by atoms with E-state index in [0.717, 1.165) is 38.4 Å². The van der Waals surface area contributed by atoms with Crippen LogP contribution in [0.2, 0.25) is 0 Å². The van der Waals surface area contributed by atoms with Gasteiger partial charge in [0.2, 0.25) is 11.1 Å². The summed E-state index contributed by atoms with van der Waals surface area (Å²) in [5.41, 5.74) is 2.27. The Bertz CT molecular complexity index is 923. The third-order valence-electron chi connectivity index (χ3n) is 5.05. The highest BCUT2D eigenvalue weighted by molar-refractivity contribution is 8.00. The predicted octanol–water partition coefficient (Wildman–Crippen LogP) is 3.09. The fourth-order valence-corrected chi connectivity index (χ4v) is 4.25. The molecule has 0 saturated carbocycles. The van der Waals surface area contributed by atoms with E-state index in [1.165, 1.54) is 17.3 Å². The Labute approximate surface area is 175 Å². The second-order valence-electron chi connectivity index (χ2n) is 7.15. The maximum atomic E-state index is 12.9. The van der Waals surface area contributed by atoms with E-state index in [2.05, 4.69) is 39.2 Å². The molecule has 1 fully saturated rings. The zero-order valence-electron chi connectivity index (χ0n) is 16.5. The third kappa shape index (κ3) is 5.05. The molecule has 1 atom stereocenters. The lowest BCUT2D eigenvalue weighted by Crippen LogP contribution is -2.50. The van der Waals surface area contributed by atoms with Crippen molar-refractivity contribution in [3.63, 3.8) is 0 Å². The van der Waals surface area contributed by atoms with E-state index in [9.17, 15) is 4.79 Å². The molecule has 1 aliphatic heterocycles. The molecule has 0 radical (unpaired) electrons. The van der Waals surface area contributed by atoms with Gasteiger partial charge in [-0.1, -0.05) is 60.3 Å². The van der Waals surface area contributed by atoms with Crippen molar-refractivity contribution in [3.8, 4) is 5.69 Å². The molecule has 2 aromatic carbocycles. The highest BCUT2D eigenvalue weighted by Gasteiger charge is 2.26. The van der Waals surface area contributed by atoms with E-state index in [-0.39, 0.29) is 11.2 Å². The number of rotatable bonds is 6. The van der Waals surface area contributed by atoms with E-state index in [1.54, 1.807) is 11.0 Å². The maximum Gasteiger partial charge on any atom is 0.235 e. The predicted molar refractivity (Wildman–Crippen MR) is 115 cm³/mol. The molecule has 0 aliphatic carbocycles. The van der Waals surface area contributed by atoms with Crippen LogP contribution in [0.25, 0.3) is 5.69 Å². The monoisotopic (exact) mass is 407 g/mol. The van der Waals surface area contributed by atoms with Crippen LogP contribution in [0.3, 0.4) is 0 Å². The van der Waals surface area contributed by atoms with Crippen LogP contribution in [-0.4, -0.2) is 61.9 Å². The first-order valence-electron chi connectivity index (χ1n) is 9.88. The van der Waals surface area contributed by atoms with Crippen molar-refractivity contribution >= 4 is 17.7 Å². The van der Waals surface area contributed by atoms with Gasteiger partial charge in [0.25, 0.3) is 0 Å². The van der Waals surface area contributed by atoms with Gasteiger partial charge in [0.05, 0.1) is 10.9 Å². The van der Waals surface area contributed by atoms with Crippen LogP contribution in [0, 0.1) is 0 Å². The molecule has 1 aromatic heterocycles. The van der Waals surface area contributed by atoms with Gasteiger partial charge in [-0.2, -0.15) is 0 Å². The lowest BCUT2D eigenvalue weighted by Gasteiger charge is -2.35. The van der Waals surface area contributed by atoms with Gasteiger partial charge in [0.15, 0.2) is 0 Å². The normalized spacial score (nSPS) is 16.0. The van der Waals surface area contributed by atoms with Crippen LogP contribution < -0.4 is 0 Å². The number of benzene rings is 2. The summed E-state index contributed by atoms with van der Waals surface area (Å²) < 4.78 is 1.74. The number of para-hydroxylation sites is 1. The number of hydrogen-bond donors (Lipinski definition) is 0. The van der Waals surface area contributed by atoms with E-state index >= 15 is 0 Å². The number of carbonyl (C=O) groups excluding carboxylic acids is 1. The van der Waals surface area contributed by atoms with Crippen molar-refractivity contribution < 1.29 is 4.79 Å². The van der Waals surface area contributed by atoms with E-state index in [0.29, 0.717) is 5.16 Å². The first-order valence-corrected chi connectivity index (χ1v) is 10.8. The van der Waals surface area contributed by atoms with Crippen LogP contribution in [0.4, 0.5) is 0 Å². The number of amides is 1. The lowest BCUT2D eigenvalue weighted by atomic mass is 10.2. The Kier molecular flexibility index (Phi) is 6.27. The van der Waals surface area contributed by atoms with Crippen molar-refractivity contribution in [2.45, 2.75) is 23.9 Å². The first kappa shape index (κ1) is 19.7. The molecule has 0 spiro atoms. The number of hydrogen-bond acceptors (Lipinski definition) is 5. The summed E-state index contributed by atoms with van der Waals surface area (Å²) in [4.78, 5) is 21.6. The number of piperazine rings is 1. The molecule has 6 nitrogen and oxygen atoms in total. The Morgan fingerprint density at radius 3 is 2.34 bits per heavy atom. The molecule has 1 saturated heterocycles. The van der Waals surface area contributed by atoms with Crippen LogP contribution >= 0.6 is 11.8 Å². The minimum Gasteiger partial charge on any atom is -0.339 e. The van der Waals surface area contributed by atoms with Crippen LogP contribution in [0.15, 0.2) is 72.1 Å². The molecule has 4 rings (SSSR count). The number of carbonyl (C=O) groups is 1. The molecule has 0 N–H and O–H groups in total. The number of aromatic nitrogens is 3. The molecule has 1 unspecified atom stereocenters. The molecule has 1 aliphatic rings. The van der Waals surface area contributed by atoms with Gasteiger partial charge in [0, 0.05) is 32.7 Å². The second kappa shape index (κ2) is 9.24. The summed E-state index contributed by atoms with van der Waals surface area (Å²) in [5, 5.41) is 4.91. The highest BCUT2D eigenvalue weighted by atomic mass is 32.2. The fraction of sp³-hybridized carbons (Fsp3) is 0.318. The van der Waals surface area contributed by atoms with Gasteiger partial charge in [-0.15, -0.1) is 5.10 Å². The largest absolute Gasteiger partial charge is 0.339 e. The Morgan fingerprint density at radius 2 is 1.66 bits per heavy atom. The Morgan fingerprint density at radius 1 is 1.00 bits per heavy atom. The summed E-state index contributed by atoms with van der Waals surface area (Å²) >= 11 is 1.42. The molecule has 150 valence electrons. The molecule has 0 bridgehead atoms. The van der Waals surface area contributed by atoms with E-state index < -0.39 is 0 Å². The molecule has 2 heterocycles. The summed E-state index contributed by atoms with van der Waals surface area (Å²) in [6.07, 6.45) is 1.69. The quantitative estimate of drug-likeness (QED) is 0.588. The fourth-order valence-electron chi connectivity index (χ4n) is 3.44. The SMILES string of the molecule is CC(Sc1ncn(-c2ccccc2)n1)C(=O)N1CCN(Cc2ccccc2)CC1. The smallest absolute Gasteiger partial charge is 0.235 e. The van der Waals surface area contributed by atoms with Crippen molar-refractivity contribution in [3.05, 3.63) is 72.6 Å². The lowest BCUT2D eigenvalue weighted by molar-refractivity contribution is -0.132. The summed E-state index contributed by atoms with van der Waals surface area (Å²) in [6.45, 7) is 6.21. The minimum absolute atomic E-state index is 0.158. The Hall–Kier alpha value is -2.64. The zero-order valence-corrected chi connectivity index (χ0v) is 17.3. The third-order valence-corrected chi connectivity index (χ3v) is 6.01. The minimum atomic E-state index is -0.206.